The number of carbonyl (C=O) groups excluding carboxylic acids is 1. The number of rotatable bonds is 7. The first-order valence-corrected chi connectivity index (χ1v) is 5.46. The van der Waals surface area contributed by atoms with Crippen molar-refractivity contribution in [3.8, 4) is 0 Å². The Hall–Kier alpha value is -1.10. The van der Waals surface area contributed by atoms with Gasteiger partial charge in [-0.1, -0.05) is 6.92 Å². The van der Waals surface area contributed by atoms with Gasteiger partial charge in [-0.2, -0.15) is 0 Å². The van der Waals surface area contributed by atoms with E-state index in [-0.39, 0.29) is 12.4 Å². The van der Waals surface area contributed by atoms with E-state index in [1.165, 1.54) is 0 Å². The maximum Gasteiger partial charge on any atom is 0.307 e. The highest BCUT2D eigenvalue weighted by Crippen LogP contribution is 2.07. The number of carbonyl (C=O) groups is 2. The summed E-state index contributed by atoms with van der Waals surface area (Å²) in [6.45, 7) is 2.38. The zero-order chi connectivity index (χ0) is 12.8. The summed E-state index contributed by atoms with van der Waals surface area (Å²) in [5.41, 5.74) is 0. The maximum absolute atomic E-state index is 11.3. The fraction of sp³-hybridized carbons (Fsp3) is 0.818. The third kappa shape index (κ3) is 8.23. The fourth-order valence-corrected chi connectivity index (χ4v) is 1.40. The van der Waals surface area contributed by atoms with Gasteiger partial charge in [-0.15, -0.1) is 0 Å². The summed E-state index contributed by atoms with van der Waals surface area (Å²) < 4.78 is 5.71. The van der Waals surface area contributed by atoms with Gasteiger partial charge in [0, 0.05) is 6.42 Å². The van der Waals surface area contributed by atoms with Crippen LogP contribution in [-0.4, -0.2) is 55.3 Å². The molecule has 0 radical (unpaired) electrons. The molecule has 16 heavy (non-hydrogen) atoms. The third-order valence-electron chi connectivity index (χ3n) is 1.91. The summed E-state index contributed by atoms with van der Waals surface area (Å²) >= 11 is 0. The number of ether oxygens (including phenoxy) is 1. The van der Waals surface area contributed by atoms with Crippen LogP contribution < -0.4 is 0 Å². The second kappa shape index (κ2) is 6.48. The first kappa shape index (κ1) is 14.9. The molecule has 0 aromatic rings. The van der Waals surface area contributed by atoms with Crippen LogP contribution in [0.5, 0.6) is 0 Å². The van der Waals surface area contributed by atoms with Crippen molar-refractivity contribution in [3.63, 3.8) is 0 Å². The van der Waals surface area contributed by atoms with Crippen molar-refractivity contribution in [1.29, 1.82) is 0 Å². The van der Waals surface area contributed by atoms with E-state index in [1.807, 2.05) is 28.1 Å². The minimum Gasteiger partial charge on any atom is -0.481 e. The predicted octanol–water partition coefficient (Wildman–Crippen LogP) is 0.879. The summed E-state index contributed by atoms with van der Waals surface area (Å²) in [4.78, 5) is 21.9. The molecule has 0 bridgehead atoms. The molecule has 1 N–H and O–H groups in total. The zero-order valence-electron chi connectivity index (χ0n) is 10.5. The summed E-state index contributed by atoms with van der Waals surface area (Å²) in [6.07, 6.45) is 0.373. The van der Waals surface area contributed by atoms with Crippen molar-refractivity contribution < 1.29 is 23.9 Å². The molecule has 0 fully saturated rings. The van der Waals surface area contributed by atoms with E-state index in [4.69, 9.17) is 9.84 Å². The number of carboxylic acids is 1. The van der Waals surface area contributed by atoms with Crippen LogP contribution in [0.1, 0.15) is 26.2 Å². The molecule has 1 atom stereocenters. The molecule has 5 heteroatoms. The van der Waals surface area contributed by atoms with Crippen LogP contribution in [0.2, 0.25) is 0 Å². The molecule has 0 heterocycles. The molecule has 5 nitrogen and oxygen atoms in total. The highest BCUT2D eigenvalue weighted by Gasteiger charge is 2.24. The Morgan fingerprint density at radius 1 is 1.31 bits per heavy atom. The summed E-state index contributed by atoms with van der Waals surface area (Å²) in [5, 5.41) is 8.73. The summed E-state index contributed by atoms with van der Waals surface area (Å²) in [6, 6.07) is 0. The topological polar surface area (TPSA) is 63.6 Å². The number of hydrogen-bond donors (Lipinski definition) is 1. The lowest BCUT2D eigenvalue weighted by molar-refractivity contribution is -0.873. The number of likely N-dealkylation sites (N-methyl/N-ethyl adjacent to an activating group) is 1. The Labute approximate surface area is 96.6 Å². The number of hydrogen-bond acceptors (Lipinski definition) is 3. The molecule has 0 rings (SSSR count). The Bertz CT molecular complexity index is 245. The second-order valence-corrected chi connectivity index (χ2v) is 4.93. The van der Waals surface area contributed by atoms with Gasteiger partial charge in [0.1, 0.15) is 6.54 Å². The molecular formula is C11H22NO4+. The normalized spacial score (nSPS) is 13.2. The number of aliphatic carboxylic acids is 1. The minimum absolute atomic E-state index is 0.134. The summed E-state index contributed by atoms with van der Waals surface area (Å²) in [7, 11) is 5.80. The largest absolute Gasteiger partial charge is 0.481 e. The molecule has 0 aromatic carbocycles. The lowest BCUT2D eigenvalue weighted by Crippen LogP contribution is -2.43. The lowest BCUT2D eigenvalue weighted by atomic mass is 10.2. The number of quaternary nitrogens is 1. The van der Waals surface area contributed by atoms with Crippen LogP contribution in [0.25, 0.3) is 0 Å². The zero-order valence-corrected chi connectivity index (χ0v) is 10.5. The van der Waals surface area contributed by atoms with Gasteiger partial charge in [-0.3, -0.25) is 9.59 Å². The fourth-order valence-electron chi connectivity index (χ4n) is 1.40. The number of nitrogens with zero attached hydrogens (tertiary/aromatic N) is 1. The van der Waals surface area contributed by atoms with Gasteiger partial charge in [-0.25, -0.2) is 0 Å². The molecule has 0 aromatic heterocycles. The van der Waals surface area contributed by atoms with E-state index >= 15 is 0 Å². The van der Waals surface area contributed by atoms with Gasteiger partial charge >= 0.3 is 11.9 Å². The molecule has 0 spiro atoms. The van der Waals surface area contributed by atoms with E-state index in [9.17, 15) is 9.59 Å². The molecular weight excluding hydrogens is 210 g/mol. The molecule has 0 aliphatic heterocycles. The summed E-state index contributed by atoms with van der Waals surface area (Å²) in [5.74, 6) is -1.26. The van der Waals surface area contributed by atoms with Crippen LogP contribution in [0.4, 0.5) is 0 Å². The molecule has 0 saturated carbocycles. The highest BCUT2D eigenvalue weighted by molar-refractivity contribution is 5.71. The molecule has 0 aliphatic rings. The van der Waals surface area contributed by atoms with Gasteiger partial charge in [0.2, 0.25) is 0 Å². The van der Waals surface area contributed by atoms with Gasteiger partial charge in [0.05, 0.1) is 27.6 Å². The van der Waals surface area contributed by atoms with Gasteiger partial charge in [0.25, 0.3) is 0 Å². The predicted molar refractivity (Wildman–Crippen MR) is 59.9 cm³/mol. The van der Waals surface area contributed by atoms with Crippen LogP contribution in [0.15, 0.2) is 0 Å². The van der Waals surface area contributed by atoms with Crippen molar-refractivity contribution in [2.75, 3.05) is 27.7 Å². The number of esters is 1. The van der Waals surface area contributed by atoms with E-state index < -0.39 is 12.1 Å². The average molecular weight is 232 g/mol. The average Bonchev–Trinajstić information content (AvgIpc) is 1.98. The molecule has 0 unspecified atom stereocenters. The molecule has 0 saturated heterocycles. The van der Waals surface area contributed by atoms with Crippen LogP contribution in [-0.2, 0) is 14.3 Å². The molecule has 0 aliphatic carbocycles. The van der Waals surface area contributed by atoms with Crippen LogP contribution >= 0.6 is 0 Å². The third-order valence-corrected chi connectivity index (χ3v) is 1.91. The van der Waals surface area contributed by atoms with Crippen molar-refractivity contribution >= 4 is 11.9 Å². The lowest BCUT2D eigenvalue weighted by Gasteiger charge is -2.28. The minimum atomic E-state index is -0.942. The first-order valence-electron chi connectivity index (χ1n) is 5.46. The van der Waals surface area contributed by atoms with E-state index in [0.717, 1.165) is 0 Å². The smallest absolute Gasteiger partial charge is 0.307 e. The van der Waals surface area contributed by atoms with Crippen LogP contribution in [0.3, 0.4) is 0 Å². The molecule has 94 valence electrons. The highest BCUT2D eigenvalue weighted by atomic mass is 16.5. The monoisotopic (exact) mass is 232 g/mol. The SMILES string of the molecule is CCCC(=O)O[C@@H](CC(=O)O)C[N+](C)(C)C. The van der Waals surface area contributed by atoms with Crippen molar-refractivity contribution in [3.05, 3.63) is 0 Å². The number of carboxylic acid groups (broad SMARTS) is 1. The van der Waals surface area contributed by atoms with Crippen molar-refractivity contribution in [2.24, 2.45) is 0 Å². The van der Waals surface area contributed by atoms with Gasteiger partial charge < -0.3 is 14.3 Å². The van der Waals surface area contributed by atoms with Crippen molar-refractivity contribution in [2.45, 2.75) is 32.3 Å². The Morgan fingerprint density at radius 3 is 2.25 bits per heavy atom. The van der Waals surface area contributed by atoms with Gasteiger partial charge in [0.15, 0.2) is 6.10 Å². The first-order chi connectivity index (χ1) is 7.24. The van der Waals surface area contributed by atoms with E-state index in [0.29, 0.717) is 23.9 Å². The Kier molecular flexibility index (Phi) is 6.03. The maximum atomic E-state index is 11.3. The Balaban J connectivity index is 4.31. The van der Waals surface area contributed by atoms with Gasteiger partial charge in [-0.05, 0) is 6.42 Å². The van der Waals surface area contributed by atoms with Crippen LogP contribution in [0, 0.1) is 0 Å². The standard InChI is InChI=1S/C11H21NO4/c1-5-6-11(15)16-9(7-10(13)14)8-12(2,3)4/h9H,5-8H2,1-4H3/p+1/t9-/m0/s1. The van der Waals surface area contributed by atoms with E-state index in [1.54, 1.807) is 0 Å². The van der Waals surface area contributed by atoms with Crippen molar-refractivity contribution in [1.82, 2.24) is 0 Å². The molecule has 0 amide bonds. The quantitative estimate of drug-likeness (QED) is 0.523. The second-order valence-electron chi connectivity index (χ2n) is 4.93. The Morgan fingerprint density at radius 2 is 1.88 bits per heavy atom. The van der Waals surface area contributed by atoms with E-state index in [2.05, 4.69) is 0 Å².